The number of hydrogen-bond donors (Lipinski definition) is 1. The molecule has 0 aliphatic carbocycles. The van der Waals surface area contributed by atoms with Gasteiger partial charge in [0.1, 0.15) is 0 Å². The number of benzene rings is 1. The van der Waals surface area contributed by atoms with E-state index in [0.717, 1.165) is 11.1 Å². The maximum atomic E-state index is 11.9. The van der Waals surface area contributed by atoms with Crippen LogP contribution in [0.4, 0.5) is 0 Å². The molecule has 0 heterocycles. The van der Waals surface area contributed by atoms with Crippen molar-refractivity contribution in [3.63, 3.8) is 0 Å². The molecule has 0 saturated carbocycles. The molecule has 92 valence electrons. The van der Waals surface area contributed by atoms with E-state index in [-0.39, 0.29) is 4.90 Å². The third-order valence-corrected chi connectivity index (χ3v) is 4.00. The highest BCUT2D eigenvalue weighted by Crippen LogP contribution is 2.14. The highest BCUT2D eigenvalue weighted by Gasteiger charge is 2.13. The smallest absolute Gasteiger partial charge is 0.211 e. The Morgan fingerprint density at radius 1 is 1.29 bits per heavy atom. The van der Waals surface area contributed by atoms with Gasteiger partial charge in [0.25, 0.3) is 0 Å². The van der Waals surface area contributed by atoms with Crippen molar-refractivity contribution in [2.24, 2.45) is 0 Å². The van der Waals surface area contributed by atoms with Crippen LogP contribution < -0.4 is 4.72 Å². The molecule has 0 aliphatic rings. The van der Waals surface area contributed by atoms with Gasteiger partial charge in [-0.05, 0) is 43.5 Å². The van der Waals surface area contributed by atoms with Gasteiger partial charge in [-0.15, -0.1) is 0 Å². The fourth-order valence-corrected chi connectivity index (χ4v) is 2.50. The van der Waals surface area contributed by atoms with Crippen molar-refractivity contribution in [3.05, 3.63) is 29.3 Å². The predicted octanol–water partition coefficient (Wildman–Crippen LogP) is 1.89. The first-order valence-electron chi connectivity index (χ1n) is 5.41. The molecular formula is C12H16N2O2S. The molecular weight excluding hydrogens is 236 g/mol. The minimum absolute atomic E-state index is 0.276. The van der Waals surface area contributed by atoms with Crippen molar-refractivity contribution in [3.8, 4) is 6.07 Å². The Hall–Kier alpha value is -1.38. The summed E-state index contributed by atoms with van der Waals surface area (Å²) in [5, 5.41) is 8.35. The number of aryl methyl sites for hydroxylation is 2. The largest absolute Gasteiger partial charge is 0.240 e. The number of sulfonamides is 1. The van der Waals surface area contributed by atoms with Crippen LogP contribution in [-0.4, -0.2) is 15.0 Å². The zero-order chi connectivity index (χ0) is 12.9. The van der Waals surface area contributed by atoms with E-state index in [0.29, 0.717) is 19.4 Å². The van der Waals surface area contributed by atoms with E-state index >= 15 is 0 Å². The average Bonchev–Trinajstić information content (AvgIpc) is 2.28. The fraction of sp³-hybridized carbons (Fsp3) is 0.417. The zero-order valence-corrected chi connectivity index (χ0v) is 10.8. The van der Waals surface area contributed by atoms with Crippen molar-refractivity contribution < 1.29 is 8.42 Å². The van der Waals surface area contributed by atoms with Crippen LogP contribution in [0.2, 0.25) is 0 Å². The quantitative estimate of drug-likeness (QED) is 0.813. The third-order valence-electron chi connectivity index (χ3n) is 2.55. The number of nitriles is 1. The van der Waals surface area contributed by atoms with Gasteiger partial charge in [-0.3, -0.25) is 0 Å². The van der Waals surface area contributed by atoms with Crippen LogP contribution in [0.5, 0.6) is 0 Å². The molecule has 0 aromatic heterocycles. The highest BCUT2D eigenvalue weighted by atomic mass is 32.2. The molecule has 17 heavy (non-hydrogen) atoms. The van der Waals surface area contributed by atoms with E-state index in [1.54, 1.807) is 18.2 Å². The van der Waals surface area contributed by atoms with Gasteiger partial charge in [0.2, 0.25) is 10.0 Å². The fourth-order valence-electron chi connectivity index (χ4n) is 1.34. The van der Waals surface area contributed by atoms with Gasteiger partial charge >= 0.3 is 0 Å². The molecule has 1 rings (SSSR count). The third kappa shape index (κ3) is 3.84. The summed E-state index contributed by atoms with van der Waals surface area (Å²) in [6.45, 7) is 4.11. The normalized spacial score (nSPS) is 11.1. The Bertz CT molecular complexity index is 530. The molecule has 0 radical (unpaired) electrons. The summed E-state index contributed by atoms with van der Waals surface area (Å²) in [6, 6.07) is 7.01. The van der Waals surface area contributed by atoms with Gasteiger partial charge in [0, 0.05) is 13.0 Å². The van der Waals surface area contributed by atoms with Crippen molar-refractivity contribution in [1.82, 2.24) is 4.72 Å². The predicted molar refractivity (Wildman–Crippen MR) is 66.0 cm³/mol. The molecule has 0 spiro atoms. The number of rotatable bonds is 5. The molecule has 1 aromatic rings. The summed E-state index contributed by atoms with van der Waals surface area (Å²) in [5.41, 5.74) is 2.01. The Labute approximate surface area is 102 Å². The molecule has 1 aromatic carbocycles. The molecule has 4 nitrogen and oxygen atoms in total. The number of unbranched alkanes of at least 4 members (excludes halogenated alkanes) is 1. The summed E-state index contributed by atoms with van der Waals surface area (Å²) in [4.78, 5) is 0.276. The Balaban J connectivity index is 2.76. The van der Waals surface area contributed by atoms with E-state index in [1.807, 2.05) is 19.9 Å². The summed E-state index contributed by atoms with van der Waals surface area (Å²) in [6.07, 6.45) is 0.885. The second-order valence-electron chi connectivity index (χ2n) is 3.91. The lowest BCUT2D eigenvalue weighted by atomic mass is 10.1. The van der Waals surface area contributed by atoms with Crippen LogP contribution in [0.15, 0.2) is 23.1 Å². The molecule has 5 heteroatoms. The van der Waals surface area contributed by atoms with Crippen molar-refractivity contribution >= 4 is 10.0 Å². The van der Waals surface area contributed by atoms with Crippen LogP contribution in [0.25, 0.3) is 0 Å². The monoisotopic (exact) mass is 252 g/mol. The molecule has 0 fully saturated rings. The van der Waals surface area contributed by atoms with Crippen LogP contribution in [0.1, 0.15) is 24.0 Å². The molecule has 0 unspecified atom stereocenters. The maximum Gasteiger partial charge on any atom is 0.240 e. The standard InChI is InChI=1S/C12H16N2O2S/c1-10-5-6-12(9-11(10)2)17(15,16)14-8-4-3-7-13/h5-6,9,14H,3-4,8H2,1-2H3. The van der Waals surface area contributed by atoms with E-state index in [4.69, 9.17) is 5.26 Å². The van der Waals surface area contributed by atoms with Gasteiger partial charge < -0.3 is 0 Å². The number of nitrogens with zero attached hydrogens (tertiary/aromatic N) is 1. The van der Waals surface area contributed by atoms with Crippen molar-refractivity contribution in [2.45, 2.75) is 31.6 Å². The summed E-state index contributed by atoms with van der Waals surface area (Å²) >= 11 is 0. The molecule has 1 N–H and O–H groups in total. The lowest BCUT2D eigenvalue weighted by Crippen LogP contribution is -2.24. The number of hydrogen-bond acceptors (Lipinski definition) is 3. The Morgan fingerprint density at radius 3 is 2.59 bits per heavy atom. The highest BCUT2D eigenvalue weighted by molar-refractivity contribution is 7.89. The maximum absolute atomic E-state index is 11.9. The lowest BCUT2D eigenvalue weighted by Gasteiger charge is -2.07. The first kappa shape index (κ1) is 13.7. The minimum Gasteiger partial charge on any atom is -0.211 e. The van der Waals surface area contributed by atoms with Crippen LogP contribution in [-0.2, 0) is 10.0 Å². The number of nitrogens with one attached hydrogen (secondary N) is 1. The minimum atomic E-state index is -3.44. The summed E-state index contributed by atoms with van der Waals surface area (Å²) in [5.74, 6) is 0. The Morgan fingerprint density at radius 2 is 2.00 bits per heavy atom. The molecule has 0 saturated heterocycles. The van der Waals surface area contributed by atoms with Gasteiger partial charge in [0.15, 0.2) is 0 Å². The lowest BCUT2D eigenvalue weighted by molar-refractivity contribution is 0.579. The average molecular weight is 252 g/mol. The van der Waals surface area contributed by atoms with Crippen LogP contribution in [0.3, 0.4) is 0 Å². The molecule has 0 amide bonds. The van der Waals surface area contributed by atoms with E-state index in [1.165, 1.54) is 0 Å². The van der Waals surface area contributed by atoms with E-state index < -0.39 is 10.0 Å². The van der Waals surface area contributed by atoms with Crippen molar-refractivity contribution in [2.75, 3.05) is 6.54 Å². The molecule has 0 aliphatic heterocycles. The van der Waals surface area contributed by atoms with E-state index in [2.05, 4.69) is 4.72 Å². The Kier molecular flexibility index (Phi) is 4.67. The van der Waals surface area contributed by atoms with Gasteiger partial charge in [-0.2, -0.15) is 5.26 Å². The van der Waals surface area contributed by atoms with Gasteiger partial charge in [0.05, 0.1) is 11.0 Å². The van der Waals surface area contributed by atoms with Crippen molar-refractivity contribution in [1.29, 1.82) is 5.26 Å². The second-order valence-corrected chi connectivity index (χ2v) is 5.67. The SMILES string of the molecule is Cc1ccc(S(=O)(=O)NCCCC#N)cc1C. The first-order valence-corrected chi connectivity index (χ1v) is 6.89. The molecule has 0 atom stereocenters. The summed E-state index contributed by atoms with van der Waals surface area (Å²) < 4.78 is 26.2. The van der Waals surface area contributed by atoms with Gasteiger partial charge in [-0.25, -0.2) is 13.1 Å². The topological polar surface area (TPSA) is 70.0 Å². The van der Waals surface area contributed by atoms with E-state index in [9.17, 15) is 8.42 Å². The second kappa shape index (κ2) is 5.80. The van der Waals surface area contributed by atoms with Crippen LogP contribution >= 0.6 is 0 Å². The first-order chi connectivity index (χ1) is 7.97. The van der Waals surface area contributed by atoms with Crippen LogP contribution in [0, 0.1) is 25.2 Å². The zero-order valence-electron chi connectivity index (χ0n) is 10.0. The summed E-state index contributed by atoms with van der Waals surface area (Å²) in [7, 11) is -3.44. The van der Waals surface area contributed by atoms with Gasteiger partial charge in [-0.1, -0.05) is 6.07 Å². The molecule has 0 bridgehead atoms.